The molecular weight excluding hydrogens is 681 g/mol. The van der Waals surface area contributed by atoms with Gasteiger partial charge in [0, 0.05) is 62.0 Å². The van der Waals surface area contributed by atoms with Gasteiger partial charge in [-0.2, -0.15) is 0 Å². The highest BCUT2D eigenvalue weighted by molar-refractivity contribution is 6.31. The zero-order valence-electron chi connectivity index (χ0n) is 26.2. The molecule has 0 aliphatic carbocycles. The number of halogens is 4. The molecule has 3 N–H and O–H groups in total. The number of nitrogens with one attached hydrogen (secondary N) is 2. The van der Waals surface area contributed by atoms with E-state index < -0.39 is 29.8 Å². The molecule has 6 rings (SSSR count). The highest BCUT2D eigenvalue weighted by Gasteiger charge is 2.31. The molecule has 0 radical (unpaired) electrons. The summed E-state index contributed by atoms with van der Waals surface area (Å²) in [6.07, 6.45) is 2.02. The molecule has 2 aromatic carbocycles. The van der Waals surface area contributed by atoms with Crippen LogP contribution >= 0.6 is 23.2 Å². The average molecular weight is 716 g/mol. The van der Waals surface area contributed by atoms with Crippen LogP contribution in [0.1, 0.15) is 33.7 Å². The molecule has 2 aliphatic rings. The lowest BCUT2D eigenvalue weighted by Crippen LogP contribution is -2.30. The van der Waals surface area contributed by atoms with Gasteiger partial charge in [-0.3, -0.25) is 0 Å². The van der Waals surface area contributed by atoms with E-state index in [1.165, 1.54) is 42.6 Å². The molecule has 0 saturated carbocycles. The number of hydrogen-bond acceptors (Lipinski definition) is 9. The molecule has 0 bridgehead atoms. The summed E-state index contributed by atoms with van der Waals surface area (Å²) in [5.74, 6) is -2.44. The molecule has 14 heteroatoms. The number of nitrogens with zero attached hydrogens (tertiary/aromatic N) is 2. The van der Waals surface area contributed by atoms with Crippen molar-refractivity contribution >= 4 is 29.2 Å². The van der Waals surface area contributed by atoms with Gasteiger partial charge in [0.15, 0.2) is 0 Å². The van der Waals surface area contributed by atoms with Gasteiger partial charge in [0.25, 0.3) is 0 Å². The molecule has 0 amide bonds. The predicted octanol–water partition coefficient (Wildman–Crippen LogP) is 6.14. The largest absolute Gasteiger partial charge is 0.477 e. The van der Waals surface area contributed by atoms with E-state index in [0.29, 0.717) is 67.5 Å². The van der Waals surface area contributed by atoms with Gasteiger partial charge in [0.05, 0.1) is 48.7 Å². The lowest BCUT2D eigenvalue weighted by atomic mass is 9.90. The molecule has 4 atom stereocenters. The van der Waals surface area contributed by atoms with Crippen molar-refractivity contribution in [2.75, 3.05) is 52.6 Å². The van der Waals surface area contributed by atoms with Gasteiger partial charge in [-0.1, -0.05) is 29.3 Å². The van der Waals surface area contributed by atoms with Crippen LogP contribution in [-0.4, -0.2) is 73.7 Å². The number of carboxylic acid groups (broad SMARTS) is 1. The number of benzene rings is 2. The highest BCUT2D eigenvalue weighted by Crippen LogP contribution is 2.39. The van der Waals surface area contributed by atoms with E-state index in [1.807, 2.05) is 0 Å². The maximum atomic E-state index is 15.0. The fourth-order valence-electron chi connectivity index (χ4n) is 5.99. The fourth-order valence-corrected chi connectivity index (χ4v) is 6.27. The van der Waals surface area contributed by atoms with Crippen LogP contribution in [0.25, 0.3) is 11.1 Å². The Kier molecular flexibility index (Phi) is 11.5. The Morgan fingerprint density at radius 1 is 0.878 bits per heavy atom. The van der Waals surface area contributed by atoms with Gasteiger partial charge < -0.3 is 34.7 Å². The minimum absolute atomic E-state index is 0.0156. The Labute approximate surface area is 291 Å². The van der Waals surface area contributed by atoms with Crippen molar-refractivity contribution in [1.82, 2.24) is 20.6 Å². The van der Waals surface area contributed by atoms with Crippen molar-refractivity contribution in [2.24, 2.45) is 11.8 Å². The highest BCUT2D eigenvalue weighted by atomic mass is 35.5. The number of aromatic carboxylic acids is 1. The molecular formula is C35H34Cl2F2N4O6. The summed E-state index contributed by atoms with van der Waals surface area (Å²) in [4.78, 5) is 20.3. The maximum Gasteiger partial charge on any atom is 0.341 e. The summed E-state index contributed by atoms with van der Waals surface area (Å²) >= 11 is 12.2. The summed E-state index contributed by atoms with van der Waals surface area (Å²) in [5, 5.41) is 16.2. The van der Waals surface area contributed by atoms with Gasteiger partial charge in [-0.25, -0.2) is 23.5 Å². The van der Waals surface area contributed by atoms with Crippen molar-refractivity contribution in [1.29, 1.82) is 0 Å². The zero-order chi connectivity index (χ0) is 34.3. The van der Waals surface area contributed by atoms with E-state index in [2.05, 4.69) is 20.6 Å². The van der Waals surface area contributed by atoms with Crippen LogP contribution in [0.15, 0.2) is 67.0 Å². The number of pyridine rings is 2. The second-order valence-corrected chi connectivity index (χ2v) is 12.5. The Balaban J connectivity index is 1.21. The molecule has 49 heavy (non-hydrogen) atoms. The number of hydrogen-bond donors (Lipinski definition) is 3. The van der Waals surface area contributed by atoms with Crippen LogP contribution in [-0.2, 0) is 9.47 Å². The van der Waals surface area contributed by atoms with Crippen molar-refractivity contribution in [3.63, 3.8) is 0 Å². The summed E-state index contributed by atoms with van der Waals surface area (Å²) in [6.45, 7) is 3.36. The molecule has 258 valence electrons. The van der Waals surface area contributed by atoms with E-state index in [4.69, 9.17) is 42.1 Å². The number of rotatable bonds is 10. The third-order valence-corrected chi connectivity index (χ3v) is 9.02. The summed E-state index contributed by atoms with van der Waals surface area (Å²) in [5.41, 5.74) is 2.40. The topological polar surface area (TPSA) is 124 Å². The first-order valence-corrected chi connectivity index (χ1v) is 16.5. The molecule has 2 saturated heterocycles. The molecule has 4 heterocycles. The van der Waals surface area contributed by atoms with Crippen LogP contribution in [0.2, 0.25) is 10.0 Å². The standard InChI is InChI=1S/C35H34Cl2F2N4O6/c36-27-5-3-20(12-29(27)38)32-22(15-40-8-10-46-32)18-48-31-6-4-21(17-43-31)25-13-28(37)30(39)14-26(25)33-23(16-41-9-11-47-33)19-49-34-24(35(44)45)2-1-7-42-34/h1-7,12-14,17,22-23,32-33,40-41H,8-11,15-16,18-19H2,(H,44,45). The Morgan fingerprint density at radius 2 is 1.59 bits per heavy atom. The lowest BCUT2D eigenvalue weighted by Gasteiger charge is -2.27. The third kappa shape index (κ3) is 8.46. The molecule has 0 spiro atoms. The van der Waals surface area contributed by atoms with Crippen LogP contribution in [0.5, 0.6) is 11.8 Å². The van der Waals surface area contributed by atoms with E-state index in [1.54, 1.807) is 24.4 Å². The van der Waals surface area contributed by atoms with E-state index in [-0.39, 0.29) is 46.5 Å². The number of aromatic nitrogens is 2. The van der Waals surface area contributed by atoms with E-state index in [9.17, 15) is 14.3 Å². The summed E-state index contributed by atoms with van der Waals surface area (Å²) < 4.78 is 53.6. The summed E-state index contributed by atoms with van der Waals surface area (Å²) in [6, 6.07) is 14.0. The molecule has 2 aliphatic heterocycles. The Hall–Kier alpha value is -3.91. The van der Waals surface area contributed by atoms with Crippen molar-refractivity contribution in [3.8, 4) is 22.9 Å². The van der Waals surface area contributed by atoms with Crippen molar-refractivity contribution < 1.29 is 37.6 Å². The normalized spacial score (nSPS) is 21.4. The first-order chi connectivity index (χ1) is 23.8. The van der Waals surface area contributed by atoms with Gasteiger partial charge in [-0.15, -0.1) is 0 Å². The van der Waals surface area contributed by atoms with Crippen molar-refractivity contribution in [3.05, 3.63) is 105 Å². The minimum Gasteiger partial charge on any atom is -0.477 e. The minimum atomic E-state index is -1.16. The third-order valence-electron chi connectivity index (χ3n) is 8.42. The quantitative estimate of drug-likeness (QED) is 0.177. The Bertz CT molecular complexity index is 1770. The molecule has 2 fully saturated rings. The second kappa shape index (κ2) is 16.2. The van der Waals surface area contributed by atoms with Gasteiger partial charge in [0.1, 0.15) is 17.2 Å². The second-order valence-electron chi connectivity index (χ2n) is 11.7. The van der Waals surface area contributed by atoms with Crippen LogP contribution < -0.4 is 20.1 Å². The SMILES string of the molecule is O=C(O)c1cccnc1OCC1CNCCOC1c1cc(F)c(Cl)cc1-c1ccc(OCC2CNCCOC2c2ccc(Cl)c(F)c2)nc1. The lowest BCUT2D eigenvalue weighted by molar-refractivity contribution is 0.0146. The monoisotopic (exact) mass is 714 g/mol. The Morgan fingerprint density at radius 3 is 2.31 bits per heavy atom. The fraction of sp³-hybridized carbons (Fsp3) is 0.343. The van der Waals surface area contributed by atoms with Gasteiger partial charge in [-0.05, 0) is 59.2 Å². The maximum absolute atomic E-state index is 15.0. The average Bonchev–Trinajstić information content (AvgIpc) is 3.50. The number of ether oxygens (including phenoxy) is 4. The van der Waals surface area contributed by atoms with Crippen LogP contribution in [0, 0.1) is 23.5 Å². The van der Waals surface area contributed by atoms with E-state index in [0.717, 1.165) is 0 Å². The van der Waals surface area contributed by atoms with Crippen LogP contribution in [0.3, 0.4) is 0 Å². The molecule has 10 nitrogen and oxygen atoms in total. The van der Waals surface area contributed by atoms with E-state index >= 15 is 4.39 Å². The zero-order valence-corrected chi connectivity index (χ0v) is 27.7. The molecule has 2 aromatic heterocycles. The summed E-state index contributed by atoms with van der Waals surface area (Å²) in [7, 11) is 0. The number of carbonyl (C=O) groups is 1. The number of carboxylic acids is 1. The first kappa shape index (κ1) is 34.9. The molecule has 4 aromatic rings. The van der Waals surface area contributed by atoms with Crippen LogP contribution in [0.4, 0.5) is 8.78 Å². The van der Waals surface area contributed by atoms with Gasteiger partial charge >= 0.3 is 5.97 Å². The van der Waals surface area contributed by atoms with Crippen molar-refractivity contribution in [2.45, 2.75) is 12.2 Å². The predicted molar refractivity (Wildman–Crippen MR) is 178 cm³/mol. The molecule has 4 unspecified atom stereocenters. The first-order valence-electron chi connectivity index (χ1n) is 15.8. The van der Waals surface area contributed by atoms with Gasteiger partial charge in [0.2, 0.25) is 11.8 Å². The smallest absolute Gasteiger partial charge is 0.341 e.